The summed E-state index contributed by atoms with van der Waals surface area (Å²) in [5.74, 6) is 1.60. The van der Waals surface area contributed by atoms with Crippen molar-refractivity contribution in [2.75, 3.05) is 32.5 Å². The van der Waals surface area contributed by atoms with Crippen LogP contribution in [0, 0.1) is 5.82 Å². The summed E-state index contributed by atoms with van der Waals surface area (Å²) in [6, 6.07) is 7.83. The van der Waals surface area contributed by atoms with E-state index in [-0.39, 0.29) is 17.8 Å². The third-order valence-corrected chi connectivity index (χ3v) is 4.87. The van der Waals surface area contributed by atoms with Crippen LogP contribution in [0.5, 0.6) is 5.75 Å². The molecule has 1 amide bonds. The number of likely N-dealkylation sites (tertiary alicyclic amines) is 1. The Hall–Kier alpha value is -2.74. The molecule has 3 rings (SSSR count). The summed E-state index contributed by atoms with van der Waals surface area (Å²) in [7, 11) is 2.02. The van der Waals surface area contributed by atoms with E-state index in [1.807, 2.05) is 11.9 Å². The molecule has 7 nitrogen and oxygen atoms in total. The highest BCUT2D eigenvalue weighted by Gasteiger charge is 2.28. The van der Waals surface area contributed by atoms with Gasteiger partial charge in [-0.05, 0) is 50.2 Å². The van der Waals surface area contributed by atoms with Crippen molar-refractivity contribution < 1.29 is 13.9 Å². The van der Waals surface area contributed by atoms with Gasteiger partial charge in [-0.15, -0.1) is 0 Å². The third kappa shape index (κ3) is 5.63. The Labute approximate surface area is 164 Å². The number of amides is 1. The van der Waals surface area contributed by atoms with Crippen molar-refractivity contribution >= 4 is 11.7 Å². The summed E-state index contributed by atoms with van der Waals surface area (Å²) < 4.78 is 18.4. The van der Waals surface area contributed by atoms with E-state index < -0.39 is 0 Å². The van der Waals surface area contributed by atoms with Crippen LogP contribution in [0.25, 0.3) is 0 Å². The molecule has 2 heterocycles. The number of carbonyl (C=O) groups excluding carboxylic acids is 1. The summed E-state index contributed by atoms with van der Waals surface area (Å²) in [4.78, 5) is 25.0. The van der Waals surface area contributed by atoms with E-state index in [2.05, 4.69) is 14.9 Å². The molecule has 1 fully saturated rings. The van der Waals surface area contributed by atoms with Gasteiger partial charge in [0.1, 0.15) is 23.2 Å². The van der Waals surface area contributed by atoms with Gasteiger partial charge in [-0.25, -0.2) is 14.4 Å². The van der Waals surface area contributed by atoms with E-state index in [0.29, 0.717) is 49.9 Å². The largest absolute Gasteiger partial charge is 0.494 e. The lowest BCUT2D eigenvalue weighted by atomic mass is 10.2. The van der Waals surface area contributed by atoms with Crippen molar-refractivity contribution in [3.63, 3.8) is 0 Å². The number of hydrogen-bond donors (Lipinski definition) is 1. The van der Waals surface area contributed by atoms with Crippen molar-refractivity contribution in [1.82, 2.24) is 19.8 Å². The second kappa shape index (κ2) is 9.45. The van der Waals surface area contributed by atoms with Crippen LogP contribution in [-0.2, 0) is 11.3 Å². The van der Waals surface area contributed by atoms with Gasteiger partial charge in [0.2, 0.25) is 5.91 Å². The molecule has 1 saturated heterocycles. The molecule has 1 aromatic carbocycles. The highest BCUT2D eigenvalue weighted by atomic mass is 19.1. The number of carbonyl (C=O) groups is 1. The summed E-state index contributed by atoms with van der Waals surface area (Å²) in [5, 5.41) is 0. The first kappa shape index (κ1) is 20.0. The molecule has 0 radical (unpaired) electrons. The molecule has 8 heteroatoms. The number of nitrogen functional groups attached to an aromatic ring is 1. The molecule has 0 unspecified atom stereocenters. The number of nitrogens with zero attached hydrogens (tertiary/aromatic N) is 4. The van der Waals surface area contributed by atoms with Gasteiger partial charge in [0.15, 0.2) is 0 Å². The lowest BCUT2D eigenvalue weighted by molar-refractivity contribution is -0.130. The highest BCUT2D eigenvalue weighted by Crippen LogP contribution is 2.18. The van der Waals surface area contributed by atoms with Gasteiger partial charge in [-0.2, -0.15) is 0 Å². The van der Waals surface area contributed by atoms with Crippen molar-refractivity contribution in [3.8, 4) is 5.75 Å². The maximum absolute atomic E-state index is 12.9. The average molecular weight is 387 g/mol. The van der Waals surface area contributed by atoms with Crippen LogP contribution in [0.2, 0.25) is 0 Å². The van der Waals surface area contributed by atoms with Crippen molar-refractivity contribution in [2.24, 2.45) is 0 Å². The van der Waals surface area contributed by atoms with Crippen molar-refractivity contribution in [3.05, 3.63) is 48.2 Å². The second-order valence-electron chi connectivity index (χ2n) is 7.00. The fourth-order valence-electron chi connectivity index (χ4n) is 3.27. The third-order valence-electron chi connectivity index (χ3n) is 4.87. The lowest BCUT2D eigenvalue weighted by Gasteiger charge is -2.24. The molecule has 1 aliphatic heterocycles. The summed E-state index contributed by atoms with van der Waals surface area (Å²) >= 11 is 0. The van der Waals surface area contributed by atoms with Gasteiger partial charge in [0, 0.05) is 31.7 Å². The van der Waals surface area contributed by atoms with E-state index in [4.69, 9.17) is 10.5 Å². The fourth-order valence-corrected chi connectivity index (χ4v) is 3.27. The maximum Gasteiger partial charge on any atom is 0.222 e. The number of benzene rings is 1. The molecule has 28 heavy (non-hydrogen) atoms. The van der Waals surface area contributed by atoms with Crippen LogP contribution in [-0.4, -0.2) is 58.5 Å². The smallest absolute Gasteiger partial charge is 0.222 e. The van der Waals surface area contributed by atoms with Crippen molar-refractivity contribution in [2.45, 2.75) is 31.8 Å². The molecule has 0 aliphatic carbocycles. The molecular formula is C20H26FN5O2. The van der Waals surface area contributed by atoms with E-state index in [1.54, 1.807) is 24.4 Å². The Balaban J connectivity index is 1.38. The van der Waals surface area contributed by atoms with Gasteiger partial charge in [-0.1, -0.05) is 0 Å². The zero-order valence-electron chi connectivity index (χ0n) is 16.1. The van der Waals surface area contributed by atoms with Crippen LogP contribution in [0.1, 0.15) is 25.1 Å². The number of likely N-dealkylation sites (N-methyl/N-ethyl adjacent to an activating group) is 1. The molecule has 150 valence electrons. The molecular weight excluding hydrogens is 361 g/mol. The molecule has 0 spiro atoms. The lowest BCUT2D eigenvalue weighted by Crippen LogP contribution is -2.36. The maximum atomic E-state index is 12.9. The monoisotopic (exact) mass is 387 g/mol. The second-order valence-corrected chi connectivity index (χ2v) is 7.00. The van der Waals surface area contributed by atoms with Crippen LogP contribution in [0.4, 0.5) is 10.2 Å². The number of aromatic nitrogens is 2. The normalized spacial score (nSPS) is 16.5. The quantitative estimate of drug-likeness (QED) is 0.698. The highest BCUT2D eigenvalue weighted by molar-refractivity contribution is 5.76. The first-order chi connectivity index (χ1) is 13.5. The zero-order chi connectivity index (χ0) is 19.9. The Morgan fingerprint density at radius 1 is 1.36 bits per heavy atom. The minimum Gasteiger partial charge on any atom is -0.494 e. The molecule has 2 N–H and O–H groups in total. The Morgan fingerprint density at radius 3 is 2.89 bits per heavy atom. The molecule has 2 aromatic rings. The Kier molecular flexibility index (Phi) is 6.76. The molecule has 0 bridgehead atoms. The van der Waals surface area contributed by atoms with Crippen LogP contribution in [0.3, 0.4) is 0 Å². The van der Waals surface area contributed by atoms with E-state index in [0.717, 1.165) is 13.0 Å². The van der Waals surface area contributed by atoms with Gasteiger partial charge in [-0.3, -0.25) is 9.69 Å². The Bertz CT molecular complexity index is 786. The first-order valence-electron chi connectivity index (χ1n) is 9.45. The van der Waals surface area contributed by atoms with Crippen LogP contribution in [0.15, 0.2) is 36.5 Å². The number of rotatable bonds is 8. The number of ether oxygens (including phenoxy) is 1. The minimum absolute atomic E-state index is 0.138. The fraction of sp³-hybridized carbons (Fsp3) is 0.450. The van der Waals surface area contributed by atoms with E-state index >= 15 is 0 Å². The van der Waals surface area contributed by atoms with E-state index in [9.17, 15) is 9.18 Å². The van der Waals surface area contributed by atoms with Gasteiger partial charge in [0.05, 0.1) is 13.2 Å². The standard InChI is InChI=1S/C20H26FN5O2/c1-25(14-19-23-10-8-18(22)24-19)16-9-11-26(13-16)20(27)3-2-12-28-17-6-4-15(21)5-7-17/h4-8,10,16H,2-3,9,11-14H2,1H3,(H2,22,23,24)/t16-/m0/s1. The molecule has 1 aliphatic rings. The van der Waals surface area contributed by atoms with Crippen molar-refractivity contribution in [1.29, 1.82) is 0 Å². The number of anilines is 1. The van der Waals surface area contributed by atoms with Crippen LogP contribution >= 0.6 is 0 Å². The topological polar surface area (TPSA) is 84.6 Å². The summed E-state index contributed by atoms with van der Waals surface area (Å²) in [6.45, 7) is 2.49. The summed E-state index contributed by atoms with van der Waals surface area (Å²) in [6.07, 6.45) is 3.65. The Morgan fingerprint density at radius 2 is 2.14 bits per heavy atom. The predicted octanol–water partition coefficient (Wildman–Crippen LogP) is 2.09. The van der Waals surface area contributed by atoms with E-state index in [1.165, 1.54) is 12.1 Å². The predicted molar refractivity (Wildman–Crippen MR) is 104 cm³/mol. The number of hydrogen-bond acceptors (Lipinski definition) is 6. The van der Waals surface area contributed by atoms with Gasteiger partial charge >= 0.3 is 0 Å². The molecule has 1 atom stereocenters. The zero-order valence-corrected chi connectivity index (χ0v) is 16.1. The SMILES string of the molecule is CN(Cc1nccc(N)n1)[C@H]1CCN(C(=O)CCCOc2ccc(F)cc2)C1. The van der Waals surface area contributed by atoms with Gasteiger partial charge < -0.3 is 15.4 Å². The molecule has 0 saturated carbocycles. The number of halogens is 1. The number of nitrogens with two attached hydrogens (primary N) is 1. The average Bonchev–Trinajstić information content (AvgIpc) is 3.17. The molecule has 1 aromatic heterocycles. The first-order valence-corrected chi connectivity index (χ1v) is 9.45. The summed E-state index contributed by atoms with van der Waals surface area (Å²) in [5.41, 5.74) is 5.70. The minimum atomic E-state index is -0.293. The van der Waals surface area contributed by atoms with Crippen LogP contribution < -0.4 is 10.5 Å². The van der Waals surface area contributed by atoms with Gasteiger partial charge in [0.25, 0.3) is 0 Å².